The van der Waals surface area contributed by atoms with E-state index in [1.807, 2.05) is 0 Å². The molecule has 0 amide bonds. The molecule has 3 rings (SSSR count). The van der Waals surface area contributed by atoms with Gasteiger partial charge < -0.3 is 4.74 Å². The second-order valence-corrected chi connectivity index (χ2v) is 10.2. The van der Waals surface area contributed by atoms with Crippen molar-refractivity contribution >= 4 is 26.0 Å². The van der Waals surface area contributed by atoms with Gasteiger partial charge in [-0.15, -0.1) is 0 Å². The number of ether oxygens (including phenoxy) is 1. The summed E-state index contributed by atoms with van der Waals surface area (Å²) < 4.78 is 57.0. The van der Waals surface area contributed by atoms with Gasteiger partial charge in [-0.1, -0.05) is 0 Å². The zero-order valence-corrected chi connectivity index (χ0v) is 15.4. The van der Waals surface area contributed by atoms with Gasteiger partial charge in [-0.05, 0) is 37.1 Å². The van der Waals surface area contributed by atoms with Crippen LogP contribution in [0.4, 0.5) is 0 Å². The molecule has 0 bridgehead atoms. The first-order chi connectivity index (χ1) is 11.8. The number of rotatable bonds is 5. The number of nitrogens with zero attached hydrogens (tertiary/aromatic N) is 2. The molecule has 1 aromatic carbocycles. The summed E-state index contributed by atoms with van der Waals surface area (Å²) in [6, 6.07) is 5.50. The van der Waals surface area contributed by atoms with E-state index in [9.17, 15) is 21.6 Å². The molecule has 0 N–H and O–H groups in total. The van der Waals surface area contributed by atoms with Crippen molar-refractivity contribution in [3.05, 3.63) is 29.8 Å². The summed E-state index contributed by atoms with van der Waals surface area (Å²) in [5.74, 6) is -0.539. The monoisotopic (exact) mass is 388 g/mol. The van der Waals surface area contributed by atoms with Crippen molar-refractivity contribution in [1.82, 2.24) is 8.61 Å². The maximum atomic E-state index is 12.7. The third kappa shape index (κ3) is 3.57. The molecule has 1 aliphatic heterocycles. The SMILES string of the molecule is COC(=O)c1ccc(S(=O)(=O)N2CCN(S(=O)(=O)C3CC3)CC2)cc1. The Bertz CT molecular complexity index is 852. The molecule has 1 aliphatic carbocycles. The molecular formula is C15H20N2O6S2. The van der Waals surface area contributed by atoms with Crippen LogP contribution >= 0.6 is 0 Å². The highest BCUT2D eigenvalue weighted by Gasteiger charge is 2.42. The van der Waals surface area contributed by atoms with Gasteiger partial charge in [0.1, 0.15) is 0 Å². The fraction of sp³-hybridized carbons (Fsp3) is 0.533. The summed E-state index contributed by atoms with van der Waals surface area (Å²) in [5.41, 5.74) is 0.266. The van der Waals surface area contributed by atoms with Crippen LogP contribution in [0.15, 0.2) is 29.2 Å². The molecule has 1 saturated heterocycles. The number of piperazine rings is 1. The number of sulfonamides is 2. The third-order valence-electron chi connectivity index (χ3n) is 4.42. The molecule has 0 unspecified atom stereocenters. The van der Waals surface area contributed by atoms with Crippen LogP contribution in [-0.4, -0.2) is 70.0 Å². The number of methoxy groups -OCH3 is 1. The molecule has 2 aliphatic rings. The van der Waals surface area contributed by atoms with E-state index in [4.69, 9.17) is 0 Å². The Labute approximate surface area is 147 Å². The zero-order chi connectivity index (χ0) is 18.2. The van der Waals surface area contributed by atoms with Crippen LogP contribution < -0.4 is 0 Å². The van der Waals surface area contributed by atoms with Gasteiger partial charge in [-0.2, -0.15) is 8.61 Å². The number of carbonyl (C=O) groups excluding carboxylic acids is 1. The largest absolute Gasteiger partial charge is 0.465 e. The quantitative estimate of drug-likeness (QED) is 0.671. The minimum Gasteiger partial charge on any atom is -0.465 e. The Morgan fingerprint density at radius 3 is 1.96 bits per heavy atom. The van der Waals surface area contributed by atoms with Gasteiger partial charge in [-0.25, -0.2) is 21.6 Å². The molecule has 25 heavy (non-hydrogen) atoms. The first-order valence-electron chi connectivity index (χ1n) is 7.94. The Kier molecular flexibility index (Phi) is 4.89. The Hall–Kier alpha value is -1.49. The number of carbonyl (C=O) groups is 1. The van der Waals surface area contributed by atoms with E-state index in [1.165, 1.54) is 40.0 Å². The molecule has 0 radical (unpaired) electrons. The number of hydrogen-bond acceptors (Lipinski definition) is 6. The van der Waals surface area contributed by atoms with Crippen molar-refractivity contribution in [3.63, 3.8) is 0 Å². The molecule has 1 saturated carbocycles. The normalized spacial score (nSPS) is 20.4. The van der Waals surface area contributed by atoms with Crippen LogP contribution in [0.5, 0.6) is 0 Å². The van der Waals surface area contributed by atoms with Crippen LogP contribution in [0.1, 0.15) is 23.2 Å². The predicted octanol–water partition coefficient (Wildman–Crippen LogP) is 0.272. The highest BCUT2D eigenvalue weighted by Crippen LogP contribution is 2.31. The molecule has 2 fully saturated rings. The maximum Gasteiger partial charge on any atom is 0.337 e. The lowest BCUT2D eigenvalue weighted by Gasteiger charge is -2.33. The van der Waals surface area contributed by atoms with Crippen molar-refractivity contribution in [2.75, 3.05) is 33.3 Å². The summed E-state index contributed by atoms with van der Waals surface area (Å²) >= 11 is 0. The number of esters is 1. The topological polar surface area (TPSA) is 101 Å². The van der Waals surface area contributed by atoms with Crippen molar-refractivity contribution in [3.8, 4) is 0 Å². The number of hydrogen-bond donors (Lipinski definition) is 0. The highest BCUT2D eigenvalue weighted by atomic mass is 32.2. The van der Waals surface area contributed by atoms with E-state index >= 15 is 0 Å². The lowest BCUT2D eigenvalue weighted by atomic mass is 10.2. The van der Waals surface area contributed by atoms with Crippen molar-refractivity contribution in [2.45, 2.75) is 23.0 Å². The van der Waals surface area contributed by atoms with Crippen LogP contribution in [0.25, 0.3) is 0 Å². The minimum atomic E-state index is -3.73. The lowest BCUT2D eigenvalue weighted by molar-refractivity contribution is 0.0600. The van der Waals surface area contributed by atoms with E-state index in [1.54, 1.807) is 0 Å². The second kappa shape index (κ2) is 6.67. The molecule has 1 heterocycles. The average molecular weight is 388 g/mol. The van der Waals surface area contributed by atoms with Gasteiger partial charge in [0.05, 0.1) is 22.8 Å². The Morgan fingerprint density at radius 2 is 1.48 bits per heavy atom. The second-order valence-electron chi connectivity index (χ2n) is 6.06. The van der Waals surface area contributed by atoms with E-state index in [-0.39, 0.29) is 41.9 Å². The van der Waals surface area contributed by atoms with Crippen LogP contribution in [-0.2, 0) is 24.8 Å². The van der Waals surface area contributed by atoms with E-state index in [0.717, 1.165) is 0 Å². The average Bonchev–Trinajstić information content (AvgIpc) is 3.47. The van der Waals surface area contributed by atoms with Crippen LogP contribution in [0, 0.1) is 0 Å². The summed E-state index contributed by atoms with van der Waals surface area (Å²) in [6.45, 7) is 0.566. The van der Waals surface area contributed by atoms with Gasteiger partial charge in [-0.3, -0.25) is 0 Å². The van der Waals surface area contributed by atoms with Gasteiger partial charge in [0.2, 0.25) is 20.0 Å². The summed E-state index contributed by atoms with van der Waals surface area (Å²) in [6.07, 6.45) is 1.38. The summed E-state index contributed by atoms with van der Waals surface area (Å²) in [4.78, 5) is 11.5. The van der Waals surface area contributed by atoms with Gasteiger partial charge >= 0.3 is 5.97 Å². The van der Waals surface area contributed by atoms with Crippen molar-refractivity contribution in [2.24, 2.45) is 0 Å². The van der Waals surface area contributed by atoms with E-state index in [0.29, 0.717) is 12.8 Å². The fourth-order valence-electron chi connectivity index (χ4n) is 2.77. The van der Waals surface area contributed by atoms with Gasteiger partial charge in [0.25, 0.3) is 0 Å². The van der Waals surface area contributed by atoms with Crippen LogP contribution in [0.3, 0.4) is 0 Å². The molecule has 1 aromatic rings. The zero-order valence-electron chi connectivity index (χ0n) is 13.8. The first kappa shape index (κ1) is 18.3. The smallest absolute Gasteiger partial charge is 0.337 e. The van der Waals surface area contributed by atoms with Crippen molar-refractivity contribution in [1.29, 1.82) is 0 Å². The fourth-order valence-corrected chi connectivity index (χ4v) is 6.02. The molecule has 138 valence electrons. The van der Waals surface area contributed by atoms with E-state index in [2.05, 4.69) is 4.74 Å². The first-order valence-corrected chi connectivity index (χ1v) is 10.9. The molecule has 0 aromatic heterocycles. The number of benzene rings is 1. The lowest BCUT2D eigenvalue weighted by Crippen LogP contribution is -2.51. The van der Waals surface area contributed by atoms with Gasteiger partial charge in [0, 0.05) is 26.2 Å². The van der Waals surface area contributed by atoms with Gasteiger partial charge in [0.15, 0.2) is 0 Å². The molecule has 0 atom stereocenters. The Balaban J connectivity index is 1.70. The summed E-state index contributed by atoms with van der Waals surface area (Å²) in [7, 11) is -5.75. The summed E-state index contributed by atoms with van der Waals surface area (Å²) in [5, 5.41) is -0.290. The molecule has 0 spiro atoms. The minimum absolute atomic E-state index is 0.0682. The third-order valence-corrected chi connectivity index (χ3v) is 8.73. The van der Waals surface area contributed by atoms with Crippen LogP contribution in [0.2, 0.25) is 0 Å². The predicted molar refractivity (Wildman–Crippen MR) is 90.1 cm³/mol. The molecule has 8 nitrogen and oxygen atoms in total. The molecular weight excluding hydrogens is 368 g/mol. The molecule has 10 heteroatoms. The maximum absolute atomic E-state index is 12.7. The standard InChI is InChI=1S/C15H20N2O6S2/c1-23-15(18)12-2-4-13(5-3-12)24(19,20)16-8-10-17(11-9-16)25(21,22)14-6-7-14/h2-5,14H,6-11H2,1H3. The Morgan fingerprint density at radius 1 is 0.960 bits per heavy atom. The van der Waals surface area contributed by atoms with Crippen molar-refractivity contribution < 1.29 is 26.4 Å². The highest BCUT2D eigenvalue weighted by molar-refractivity contribution is 7.90. The van der Waals surface area contributed by atoms with E-state index < -0.39 is 26.0 Å².